The molecule has 0 N–H and O–H groups in total. The zero-order chi connectivity index (χ0) is 18.5. The molecule has 2 heterocycles. The van der Waals surface area contributed by atoms with Crippen molar-refractivity contribution in [2.24, 2.45) is 0 Å². The van der Waals surface area contributed by atoms with Crippen molar-refractivity contribution in [3.8, 4) is 0 Å². The van der Waals surface area contributed by atoms with Crippen molar-refractivity contribution in [1.82, 2.24) is 4.90 Å². The summed E-state index contributed by atoms with van der Waals surface area (Å²) >= 11 is 0. The van der Waals surface area contributed by atoms with Crippen molar-refractivity contribution >= 4 is 11.6 Å². The summed E-state index contributed by atoms with van der Waals surface area (Å²) < 4.78 is 11.3. The molecule has 2 aliphatic rings. The maximum Gasteiger partial charge on any atom is 0.254 e. The summed E-state index contributed by atoms with van der Waals surface area (Å²) in [6.45, 7) is 5.09. The first-order valence-electron chi connectivity index (χ1n) is 9.67. The highest BCUT2D eigenvalue weighted by atomic mass is 16.5. The number of nitrogens with zero attached hydrogens (tertiary/aromatic N) is 2. The fourth-order valence-electron chi connectivity index (χ4n) is 3.74. The first-order chi connectivity index (χ1) is 13.3. The van der Waals surface area contributed by atoms with E-state index >= 15 is 0 Å². The number of hydrogen-bond acceptors (Lipinski definition) is 4. The van der Waals surface area contributed by atoms with Crippen molar-refractivity contribution in [2.75, 3.05) is 50.9 Å². The lowest BCUT2D eigenvalue weighted by molar-refractivity contribution is -0.0208. The zero-order valence-electron chi connectivity index (χ0n) is 15.5. The van der Waals surface area contributed by atoms with Crippen LogP contribution in [0.4, 0.5) is 5.69 Å². The maximum atomic E-state index is 13.1. The lowest BCUT2D eigenvalue weighted by Crippen LogP contribution is -2.46. The minimum absolute atomic E-state index is 0.0486. The number of carbonyl (C=O) groups excluding carboxylic acids is 1. The van der Waals surface area contributed by atoms with Gasteiger partial charge < -0.3 is 19.3 Å². The Morgan fingerprint density at radius 2 is 1.78 bits per heavy atom. The molecular formula is C22H26N2O3. The Balaban J connectivity index is 1.42. The summed E-state index contributed by atoms with van der Waals surface area (Å²) in [5.74, 6) is 0.0893. The fourth-order valence-corrected chi connectivity index (χ4v) is 3.74. The molecule has 4 rings (SSSR count). The third-order valence-electron chi connectivity index (χ3n) is 5.20. The van der Waals surface area contributed by atoms with Crippen LogP contribution < -0.4 is 4.90 Å². The largest absolute Gasteiger partial charge is 0.378 e. The van der Waals surface area contributed by atoms with E-state index in [0.717, 1.165) is 44.0 Å². The number of benzene rings is 2. The minimum Gasteiger partial charge on any atom is -0.378 e. The molecule has 1 atom stereocenters. The molecule has 27 heavy (non-hydrogen) atoms. The van der Waals surface area contributed by atoms with Gasteiger partial charge in [-0.2, -0.15) is 0 Å². The summed E-state index contributed by atoms with van der Waals surface area (Å²) in [5, 5.41) is 0. The van der Waals surface area contributed by atoms with Crippen LogP contribution in [0.5, 0.6) is 0 Å². The molecule has 2 saturated heterocycles. The Hall–Kier alpha value is -2.37. The van der Waals surface area contributed by atoms with Crippen LogP contribution in [0.15, 0.2) is 54.6 Å². The topological polar surface area (TPSA) is 42.0 Å². The molecule has 0 aliphatic carbocycles. The smallest absolute Gasteiger partial charge is 0.254 e. The van der Waals surface area contributed by atoms with Gasteiger partial charge >= 0.3 is 0 Å². The Bertz CT molecular complexity index is 759. The molecule has 5 nitrogen and oxygen atoms in total. The van der Waals surface area contributed by atoms with Crippen LogP contribution in [-0.4, -0.2) is 62.9 Å². The second-order valence-electron chi connectivity index (χ2n) is 7.08. The Labute approximate surface area is 160 Å². The number of ether oxygens (including phenoxy) is 2. The van der Waals surface area contributed by atoms with Crippen LogP contribution in [0.2, 0.25) is 0 Å². The van der Waals surface area contributed by atoms with Gasteiger partial charge in [-0.3, -0.25) is 4.79 Å². The monoisotopic (exact) mass is 366 g/mol. The van der Waals surface area contributed by atoms with Crippen molar-refractivity contribution in [3.63, 3.8) is 0 Å². The first kappa shape index (κ1) is 18.0. The fraction of sp³-hybridized carbons (Fsp3) is 0.409. The average molecular weight is 366 g/mol. The van der Waals surface area contributed by atoms with Gasteiger partial charge in [0.25, 0.3) is 5.91 Å². The molecule has 1 amide bonds. The third-order valence-corrected chi connectivity index (χ3v) is 5.20. The van der Waals surface area contributed by atoms with E-state index in [1.807, 2.05) is 41.3 Å². The van der Waals surface area contributed by atoms with Crippen molar-refractivity contribution in [1.29, 1.82) is 0 Å². The lowest BCUT2D eigenvalue weighted by Gasteiger charge is -2.33. The van der Waals surface area contributed by atoms with E-state index < -0.39 is 0 Å². The quantitative estimate of drug-likeness (QED) is 0.834. The van der Waals surface area contributed by atoms with Gasteiger partial charge in [-0.25, -0.2) is 0 Å². The highest BCUT2D eigenvalue weighted by Crippen LogP contribution is 2.20. The lowest BCUT2D eigenvalue weighted by atomic mass is 10.1. The van der Waals surface area contributed by atoms with E-state index in [0.29, 0.717) is 19.7 Å². The van der Waals surface area contributed by atoms with Crippen molar-refractivity contribution in [2.45, 2.75) is 12.5 Å². The Morgan fingerprint density at radius 3 is 2.59 bits per heavy atom. The molecule has 142 valence electrons. The van der Waals surface area contributed by atoms with E-state index in [1.165, 1.54) is 5.56 Å². The van der Waals surface area contributed by atoms with Crippen LogP contribution in [0.3, 0.4) is 0 Å². The number of carbonyl (C=O) groups is 1. The van der Waals surface area contributed by atoms with Crippen LogP contribution in [0.1, 0.15) is 15.9 Å². The molecule has 2 aromatic rings. The molecule has 0 saturated carbocycles. The second-order valence-corrected chi connectivity index (χ2v) is 7.08. The standard InChI is InChI=1S/C22H26N2O3/c25-22(19-7-4-8-20(16-19)23-9-12-26-13-10-23)24-11-14-27-21(17-24)15-18-5-2-1-3-6-18/h1-8,16,21H,9-15,17H2. The molecule has 2 fully saturated rings. The maximum absolute atomic E-state index is 13.1. The number of morpholine rings is 2. The molecule has 2 aliphatic heterocycles. The Morgan fingerprint density at radius 1 is 0.963 bits per heavy atom. The second kappa shape index (κ2) is 8.55. The normalized spacial score (nSPS) is 20.5. The molecule has 0 aromatic heterocycles. The van der Waals surface area contributed by atoms with E-state index in [9.17, 15) is 4.79 Å². The van der Waals surface area contributed by atoms with E-state index in [1.54, 1.807) is 0 Å². The summed E-state index contributed by atoms with van der Waals surface area (Å²) in [4.78, 5) is 17.3. The molecule has 1 unspecified atom stereocenters. The van der Waals surface area contributed by atoms with Gasteiger partial charge in [0, 0.05) is 43.9 Å². The van der Waals surface area contributed by atoms with Crippen LogP contribution >= 0.6 is 0 Å². The van der Waals surface area contributed by atoms with Gasteiger partial charge in [0.2, 0.25) is 0 Å². The van der Waals surface area contributed by atoms with Crippen LogP contribution in [0.25, 0.3) is 0 Å². The molecule has 0 spiro atoms. The number of rotatable bonds is 4. The first-order valence-corrected chi connectivity index (χ1v) is 9.67. The van der Waals surface area contributed by atoms with E-state index in [-0.39, 0.29) is 12.0 Å². The summed E-state index contributed by atoms with van der Waals surface area (Å²) in [6, 6.07) is 18.3. The van der Waals surface area contributed by atoms with Gasteiger partial charge in [0.1, 0.15) is 0 Å². The van der Waals surface area contributed by atoms with Crippen molar-refractivity contribution in [3.05, 3.63) is 65.7 Å². The van der Waals surface area contributed by atoms with Crippen LogP contribution in [0, 0.1) is 0 Å². The predicted octanol–water partition coefficient (Wildman–Crippen LogP) is 2.61. The number of amides is 1. The van der Waals surface area contributed by atoms with Gasteiger partial charge in [-0.05, 0) is 23.8 Å². The summed E-state index contributed by atoms with van der Waals surface area (Å²) in [5.41, 5.74) is 3.09. The van der Waals surface area contributed by atoms with E-state index in [2.05, 4.69) is 23.1 Å². The minimum atomic E-state index is 0.0486. The third kappa shape index (κ3) is 4.49. The zero-order valence-corrected chi connectivity index (χ0v) is 15.5. The molecule has 0 radical (unpaired) electrons. The van der Waals surface area contributed by atoms with Crippen LogP contribution in [-0.2, 0) is 15.9 Å². The predicted molar refractivity (Wildman–Crippen MR) is 105 cm³/mol. The summed E-state index contributed by atoms with van der Waals surface area (Å²) in [6.07, 6.45) is 0.880. The molecule has 2 aromatic carbocycles. The Kier molecular flexibility index (Phi) is 5.70. The molecule has 5 heteroatoms. The van der Waals surface area contributed by atoms with E-state index in [4.69, 9.17) is 9.47 Å². The molecule has 0 bridgehead atoms. The van der Waals surface area contributed by atoms with Gasteiger partial charge in [-0.15, -0.1) is 0 Å². The SMILES string of the molecule is O=C(c1cccc(N2CCOCC2)c1)N1CCOC(Cc2ccccc2)C1. The number of hydrogen-bond donors (Lipinski definition) is 0. The highest BCUT2D eigenvalue weighted by Gasteiger charge is 2.25. The van der Waals surface area contributed by atoms with Gasteiger partial charge in [0.15, 0.2) is 0 Å². The highest BCUT2D eigenvalue weighted by molar-refractivity contribution is 5.95. The average Bonchev–Trinajstić information content (AvgIpc) is 2.75. The number of anilines is 1. The van der Waals surface area contributed by atoms with Gasteiger partial charge in [-0.1, -0.05) is 36.4 Å². The molecular weight excluding hydrogens is 340 g/mol. The van der Waals surface area contributed by atoms with Gasteiger partial charge in [0.05, 0.1) is 25.9 Å². The van der Waals surface area contributed by atoms with Crippen molar-refractivity contribution < 1.29 is 14.3 Å². The summed E-state index contributed by atoms with van der Waals surface area (Å²) in [7, 11) is 0.